The predicted octanol–water partition coefficient (Wildman–Crippen LogP) is 3.20. The minimum atomic E-state index is -0.211. The van der Waals surface area contributed by atoms with Gasteiger partial charge in [0.15, 0.2) is 11.5 Å². The Hall–Kier alpha value is -3.13. The number of terminal acetylenes is 1. The summed E-state index contributed by atoms with van der Waals surface area (Å²) < 4.78 is 10.7. The van der Waals surface area contributed by atoms with Crippen molar-refractivity contribution in [2.24, 2.45) is 0 Å². The lowest BCUT2D eigenvalue weighted by atomic mass is 10.1. The number of hydrogen-bond donors (Lipinski definition) is 2. The number of ether oxygens (including phenoxy) is 2. The van der Waals surface area contributed by atoms with E-state index in [4.69, 9.17) is 15.9 Å². The molecular formula is C22H24N2O3. The molecule has 27 heavy (non-hydrogen) atoms. The van der Waals surface area contributed by atoms with Crippen LogP contribution in [0.25, 0.3) is 0 Å². The van der Waals surface area contributed by atoms with Crippen LogP contribution in [0.5, 0.6) is 11.5 Å². The maximum atomic E-state index is 12.1. The van der Waals surface area contributed by atoms with Crippen molar-refractivity contribution in [2.45, 2.75) is 32.4 Å². The van der Waals surface area contributed by atoms with Crippen molar-refractivity contribution in [3.8, 4) is 23.8 Å². The molecule has 0 bridgehead atoms. The summed E-state index contributed by atoms with van der Waals surface area (Å²) in [7, 11) is 1.57. The Bertz CT molecular complexity index is 855. The molecule has 0 saturated heterocycles. The van der Waals surface area contributed by atoms with Gasteiger partial charge in [-0.1, -0.05) is 30.2 Å². The molecule has 2 aromatic rings. The summed E-state index contributed by atoms with van der Waals surface area (Å²) in [6, 6.07) is 11.7. The largest absolute Gasteiger partial charge is 0.493 e. The van der Waals surface area contributed by atoms with Gasteiger partial charge in [0.25, 0.3) is 0 Å². The Kier molecular flexibility index (Phi) is 6.22. The normalized spacial score (nSPS) is 12.0. The number of methoxy groups -OCH3 is 1. The average Bonchev–Trinajstić information content (AvgIpc) is 3.17. The van der Waals surface area contributed by atoms with Crippen LogP contribution in [0.4, 0.5) is 4.79 Å². The summed E-state index contributed by atoms with van der Waals surface area (Å²) in [5, 5.41) is 5.75. The molecule has 3 rings (SSSR count). The second-order valence-electron chi connectivity index (χ2n) is 6.47. The molecule has 0 spiro atoms. The molecule has 0 heterocycles. The molecule has 0 radical (unpaired) electrons. The van der Waals surface area contributed by atoms with Crippen molar-refractivity contribution in [1.82, 2.24) is 10.6 Å². The maximum absolute atomic E-state index is 12.1. The number of rotatable bonds is 7. The molecule has 0 unspecified atom stereocenters. The number of carbonyl (C=O) groups is 1. The molecule has 1 aliphatic rings. The SMILES string of the molecule is C#CCOc1cc(CNC(=O)NCc2ccc3c(c2)CCC3)ccc1OC. The summed E-state index contributed by atoms with van der Waals surface area (Å²) in [4.78, 5) is 12.1. The van der Waals surface area contributed by atoms with E-state index in [0.717, 1.165) is 17.5 Å². The Morgan fingerprint density at radius 1 is 1.04 bits per heavy atom. The molecular weight excluding hydrogens is 340 g/mol. The van der Waals surface area contributed by atoms with Crippen molar-refractivity contribution >= 4 is 6.03 Å². The van der Waals surface area contributed by atoms with Gasteiger partial charge in [0.1, 0.15) is 6.61 Å². The minimum absolute atomic E-state index is 0.161. The zero-order valence-electron chi connectivity index (χ0n) is 15.5. The highest BCUT2D eigenvalue weighted by Gasteiger charge is 2.11. The number of hydrogen-bond acceptors (Lipinski definition) is 3. The Labute approximate surface area is 160 Å². The third kappa shape index (κ3) is 4.95. The number of aryl methyl sites for hydroxylation is 2. The predicted molar refractivity (Wildman–Crippen MR) is 105 cm³/mol. The van der Waals surface area contributed by atoms with E-state index in [0.29, 0.717) is 24.6 Å². The number of nitrogens with one attached hydrogen (secondary N) is 2. The molecule has 1 aliphatic carbocycles. The highest BCUT2D eigenvalue weighted by molar-refractivity contribution is 5.73. The Morgan fingerprint density at radius 3 is 2.48 bits per heavy atom. The molecule has 5 heteroatoms. The molecule has 0 fully saturated rings. The van der Waals surface area contributed by atoms with Gasteiger partial charge < -0.3 is 20.1 Å². The number of urea groups is 1. The molecule has 140 valence electrons. The second kappa shape index (κ2) is 9.00. The Morgan fingerprint density at radius 2 is 1.74 bits per heavy atom. The monoisotopic (exact) mass is 364 g/mol. The highest BCUT2D eigenvalue weighted by Crippen LogP contribution is 2.28. The molecule has 0 atom stereocenters. The summed E-state index contributed by atoms with van der Waals surface area (Å²) in [6.45, 7) is 1.05. The van der Waals surface area contributed by atoms with Crippen LogP contribution in [-0.4, -0.2) is 19.7 Å². The van der Waals surface area contributed by atoms with E-state index in [1.807, 2.05) is 12.1 Å². The van der Waals surface area contributed by atoms with E-state index < -0.39 is 0 Å². The topological polar surface area (TPSA) is 59.6 Å². The van der Waals surface area contributed by atoms with Gasteiger partial charge in [0.2, 0.25) is 0 Å². The van der Waals surface area contributed by atoms with Crippen molar-refractivity contribution in [2.75, 3.05) is 13.7 Å². The van der Waals surface area contributed by atoms with Gasteiger partial charge >= 0.3 is 6.03 Å². The zero-order valence-corrected chi connectivity index (χ0v) is 15.5. The first-order chi connectivity index (χ1) is 13.2. The maximum Gasteiger partial charge on any atom is 0.315 e. The lowest BCUT2D eigenvalue weighted by molar-refractivity contribution is 0.240. The van der Waals surface area contributed by atoms with Gasteiger partial charge in [-0.15, -0.1) is 6.42 Å². The standard InChI is InChI=1S/C22H24N2O3/c1-3-11-27-21-13-17(8-10-20(21)26-2)15-24-22(25)23-14-16-7-9-18-5-4-6-19(18)12-16/h1,7-10,12-13H,4-6,11,14-15H2,2H3,(H2,23,24,25). The fraction of sp³-hybridized carbons (Fsp3) is 0.318. The van der Waals surface area contributed by atoms with Crippen molar-refractivity contribution in [3.05, 3.63) is 58.7 Å². The van der Waals surface area contributed by atoms with E-state index in [1.54, 1.807) is 13.2 Å². The van der Waals surface area contributed by atoms with Crippen LogP contribution in [0.2, 0.25) is 0 Å². The zero-order chi connectivity index (χ0) is 19.1. The molecule has 2 aromatic carbocycles. The first-order valence-corrected chi connectivity index (χ1v) is 9.05. The third-order valence-corrected chi connectivity index (χ3v) is 4.61. The van der Waals surface area contributed by atoms with E-state index in [1.165, 1.54) is 24.0 Å². The van der Waals surface area contributed by atoms with Crippen LogP contribution in [0.1, 0.15) is 28.7 Å². The summed E-state index contributed by atoms with van der Waals surface area (Å²) in [5.74, 6) is 3.60. The van der Waals surface area contributed by atoms with Gasteiger partial charge in [0.05, 0.1) is 7.11 Å². The fourth-order valence-corrected chi connectivity index (χ4v) is 3.23. The summed E-state index contributed by atoms with van der Waals surface area (Å²) >= 11 is 0. The summed E-state index contributed by atoms with van der Waals surface area (Å²) in [6.07, 6.45) is 8.76. The van der Waals surface area contributed by atoms with Crippen LogP contribution < -0.4 is 20.1 Å². The van der Waals surface area contributed by atoms with Crippen molar-refractivity contribution < 1.29 is 14.3 Å². The van der Waals surface area contributed by atoms with Gasteiger partial charge in [-0.2, -0.15) is 0 Å². The minimum Gasteiger partial charge on any atom is -0.493 e. The van der Waals surface area contributed by atoms with Gasteiger partial charge in [-0.25, -0.2) is 4.79 Å². The quantitative estimate of drug-likeness (QED) is 0.742. The van der Waals surface area contributed by atoms with E-state index in [-0.39, 0.29) is 12.6 Å². The number of amides is 2. The van der Waals surface area contributed by atoms with Crippen LogP contribution in [0.15, 0.2) is 36.4 Å². The number of carbonyl (C=O) groups excluding carboxylic acids is 1. The molecule has 0 saturated carbocycles. The molecule has 0 aliphatic heterocycles. The third-order valence-electron chi connectivity index (χ3n) is 4.61. The van der Waals surface area contributed by atoms with Crippen LogP contribution in [-0.2, 0) is 25.9 Å². The van der Waals surface area contributed by atoms with Crippen LogP contribution >= 0.6 is 0 Å². The van der Waals surface area contributed by atoms with Crippen molar-refractivity contribution in [3.63, 3.8) is 0 Å². The van der Waals surface area contributed by atoms with E-state index in [9.17, 15) is 4.79 Å². The highest BCUT2D eigenvalue weighted by atomic mass is 16.5. The Balaban J connectivity index is 1.51. The van der Waals surface area contributed by atoms with E-state index in [2.05, 4.69) is 34.8 Å². The fourth-order valence-electron chi connectivity index (χ4n) is 3.23. The lowest BCUT2D eigenvalue weighted by Gasteiger charge is -2.12. The van der Waals surface area contributed by atoms with Gasteiger partial charge in [-0.05, 0) is 53.6 Å². The lowest BCUT2D eigenvalue weighted by Crippen LogP contribution is -2.34. The number of benzene rings is 2. The van der Waals surface area contributed by atoms with Crippen LogP contribution in [0.3, 0.4) is 0 Å². The molecule has 0 aromatic heterocycles. The van der Waals surface area contributed by atoms with Crippen molar-refractivity contribution in [1.29, 1.82) is 0 Å². The second-order valence-corrected chi connectivity index (χ2v) is 6.47. The van der Waals surface area contributed by atoms with E-state index >= 15 is 0 Å². The van der Waals surface area contributed by atoms with Crippen LogP contribution in [0, 0.1) is 12.3 Å². The first kappa shape index (κ1) is 18.7. The number of fused-ring (bicyclic) bond motifs is 1. The van der Waals surface area contributed by atoms with Gasteiger partial charge in [0, 0.05) is 13.1 Å². The molecule has 5 nitrogen and oxygen atoms in total. The molecule has 2 amide bonds. The smallest absolute Gasteiger partial charge is 0.315 e. The van der Waals surface area contributed by atoms with Gasteiger partial charge in [-0.3, -0.25) is 0 Å². The first-order valence-electron chi connectivity index (χ1n) is 9.05. The summed E-state index contributed by atoms with van der Waals surface area (Å²) in [5.41, 5.74) is 4.87. The average molecular weight is 364 g/mol. The molecule has 2 N–H and O–H groups in total.